The summed E-state index contributed by atoms with van der Waals surface area (Å²) in [5.74, 6) is 1.34. The minimum atomic E-state index is -0.407. The second-order valence-electron chi connectivity index (χ2n) is 3.48. The molecule has 1 aromatic carbocycles. The molecule has 1 aromatic heterocycles. The number of methoxy groups -OCH3 is 1. The van der Waals surface area contributed by atoms with Crippen LogP contribution in [0.4, 0.5) is 0 Å². The fourth-order valence-electron chi connectivity index (χ4n) is 1.57. The lowest BCUT2D eigenvalue weighted by Gasteiger charge is -2.14. The van der Waals surface area contributed by atoms with Crippen molar-refractivity contribution < 1.29 is 4.74 Å². The van der Waals surface area contributed by atoms with Crippen LogP contribution in [0.1, 0.15) is 17.4 Å². The summed E-state index contributed by atoms with van der Waals surface area (Å²) in [6.07, 6.45) is 1.66. The van der Waals surface area contributed by atoms with Gasteiger partial charge in [0.25, 0.3) is 0 Å². The predicted octanol–water partition coefficient (Wildman–Crippen LogP) is 2.88. The molecule has 1 unspecified atom stereocenters. The first kappa shape index (κ1) is 12.4. The van der Waals surface area contributed by atoms with Crippen molar-refractivity contribution in [1.82, 2.24) is 9.97 Å². The van der Waals surface area contributed by atoms with Crippen molar-refractivity contribution in [2.75, 3.05) is 7.11 Å². The van der Waals surface area contributed by atoms with E-state index in [0.717, 1.165) is 10.2 Å². The van der Waals surface area contributed by atoms with Crippen LogP contribution in [0.2, 0.25) is 5.02 Å². The van der Waals surface area contributed by atoms with E-state index in [1.165, 1.54) is 0 Å². The van der Waals surface area contributed by atoms with Crippen LogP contribution in [0.25, 0.3) is 0 Å². The number of nitrogens with zero attached hydrogens (tertiary/aromatic N) is 1. The molecule has 0 saturated heterocycles. The highest BCUT2D eigenvalue weighted by Crippen LogP contribution is 2.29. The molecule has 0 fully saturated rings. The van der Waals surface area contributed by atoms with Gasteiger partial charge in [-0.2, -0.15) is 0 Å². The normalized spacial score (nSPS) is 12.5. The molecule has 0 aliphatic carbocycles. The van der Waals surface area contributed by atoms with E-state index in [9.17, 15) is 0 Å². The average Bonchev–Trinajstić information content (AvgIpc) is 2.75. The molecule has 90 valence electrons. The Morgan fingerprint density at radius 2 is 2.29 bits per heavy atom. The number of nitrogens with one attached hydrogen (secondary N) is 1. The first-order chi connectivity index (χ1) is 8.11. The SMILES string of the molecule is COc1ccc(Cl)cc1C(N)c1ncc(Br)[nH]1. The Morgan fingerprint density at radius 3 is 2.88 bits per heavy atom. The van der Waals surface area contributed by atoms with Gasteiger partial charge < -0.3 is 15.5 Å². The van der Waals surface area contributed by atoms with Crippen molar-refractivity contribution in [3.8, 4) is 5.75 Å². The van der Waals surface area contributed by atoms with Crippen molar-refractivity contribution in [3.05, 3.63) is 45.4 Å². The van der Waals surface area contributed by atoms with Gasteiger partial charge >= 0.3 is 0 Å². The number of aromatic nitrogens is 2. The zero-order valence-electron chi connectivity index (χ0n) is 9.08. The molecule has 2 aromatic rings. The number of halogens is 2. The fourth-order valence-corrected chi connectivity index (χ4v) is 2.05. The Morgan fingerprint density at radius 1 is 1.53 bits per heavy atom. The second kappa shape index (κ2) is 5.08. The summed E-state index contributed by atoms with van der Waals surface area (Å²) in [6.45, 7) is 0. The number of nitrogens with two attached hydrogens (primary N) is 1. The molecule has 6 heteroatoms. The summed E-state index contributed by atoms with van der Waals surface area (Å²) in [5, 5.41) is 0.613. The number of imidazole rings is 1. The van der Waals surface area contributed by atoms with E-state index >= 15 is 0 Å². The Bertz CT molecular complexity index is 529. The fraction of sp³-hybridized carbons (Fsp3) is 0.182. The van der Waals surface area contributed by atoms with Crippen molar-refractivity contribution in [2.45, 2.75) is 6.04 Å². The lowest BCUT2D eigenvalue weighted by molar-refractivity contribution is 0.407. The van der Waals surface area contributed by atoms with E-state index in [1.807, 2.05) is 0 Å². The van der Waals surface area contributed by atoms with E-state index in [1.54, 1.807) is 31.5 Å². The second-order valence-corrected chi connectivity index (χ2v) is 4.77. The van der Waals surface area contributed by atoms with Crippen LogP contribution < -0.4 is 10.5 Å². The monoisotopic (exact) mass is 315 g/mol. The van der Waals surface area contributed by atoms with Gasteiger partial charge in [0.15, 0.2) is 0 Å². The third-order valence-electron chi connectivity index (χ3n) is 2.39. The third kappa shape index (κ3) is 2.62. The molecular formula is C11H11BrClN3O. The largest absolute Gasteiger partial charge is 0.496 e. The average molecular weight is 317 g/mol. The smallest absolute Gasteiger partial charge is 0.128 e. The molecule has 3 N–H and O–H groups in total. The molecule has 0 amide bonds. The molecule has 4 nitrogen and oxygen atoms in total. The van der Waals surface area contributed by atoms with E-state index in [0.29, 0.717) is 16.6 Å². The maximum absolute atomic E-state index is 6.12. The summed E-state index contributed by atoms with van der Waals surface area (Å²) in [4.78, 5) is 7.20. The lowest BCUT2D eigenvalue weighted by Crippen LogP contribution is -2.14. The van der Waals surface area contributed by atoms with Crippen LogP contribution in [0.3, 0.4) is 0 Å². The van der Waals surface area contributed by atoms with Crippen LogP contribution in [-0.2, 0) is 0 Å². The summed E-state index contributed by atoms with van der Waals surface area (Å²) >= 11 is 9.25. The zero-order chi connectivity index (χ0) is 12.4. The maximum atomic E-state index is 6.12. The van der Waals surface area contributed by atoms with Crippen molar-refractivity contribution >= 4 is 27.5 Å². The molecule has 0 saturated carbocycles. The van der Waals surface area contributed by atoms with Gasteiger partial charge in [-0.1, -0.05) is 11.6 Å². The van der Waals surface area contributed by atoms with Gasteiger partial charge in [-0.05, 0) is 34.1 Å². The van der Waals surface area contributed by atoms with Gasteiger partial charge in [-0.15, -0.1) is 0 Å². The number of hydrogen-bond acceptors (Lipinski definition) is 3. The van der Waals surface area contributed by atoms with Crippen LogP contribution >= 0.6 is 27.5 Å². The molecule has 17 heavy (non-hydrogen) atoms. The van der Waals surface area contributed by atoms with Gasteiger partial charge in [0.05, 0.1) is 19.3 Å². The first-order valence-electron chi connectivity index (χ1n) is 4.91. The molecule has 0 radical (unpaired) electrons. The minimum Gasteiger partial charge on any atom is -0.496 e. The van der Waals surface area contributed by atoms with Gasteiger partial charge in [0.2, 0.25) is 0 Å². The Hall–Kier alpha value is -1.04. The van der Waals surface area contributed by atoms with Gasteiger partial charge in [0, 0.05) is 10.6 Å². The zero-order valence-corrected chi connectivity index (χ0v) is 11.4. The van der Waals surface area contributed by atoms with E-state index in [2.05, 4.69) is 25.9 Å². The predicted molar refractivity (Wildman–Crippen MR) is 70.3 cm³/mol. The first-order valence-corrected chi connectivity index (χ1v) is 6.08. The standard InChI is InChI=1S/C11H11BrClN3O/c1-17-8-3-2-6(13)4-7(8)10(14)11-15-5-9(12)16-11/h2-5,10H,14H2,1H3,(H,15,16). The molecule has 0 spiro atoms. The van der Waals surface area contributed by atoms with Gasteiger partial charge in [-0.25, -0.2) is 4.98 Å². The molecule has 1 atom stereocenters. The van der Waals surface area contributed by atoms with Crippen LogP contribution in [0.15, 0.2) is 29.0 Å². The third-order valence-corrected chi connectivity index (χ3v) is 3.02. The highest BCUT2D eigenvalue weighted by atomic mass is 79.9. The van der Waals surface area contributed by atoms with Gasteiger partial charge in [-0.3, -0.25) is 0 Å². The Balaban J connectivity index is 2.42. The maximum Gasteiger partial charge on any atom is 0.128 e. The van der Waals surface area contributed by atoms with E-state index in [4.69, 9.17) is 22.1 Å². The molecular weight excluding hydrogens is 305 g/mol. The molecule has 1 heterocycles. The number of H-pyrrole nitrogens is 1. The van der Waals surface area contributed by atoms with E-state index < -0.39 is 6.04 Å². The van der Waals surface area contributed by atoms with Crippen LogP contribution in [0.5, 0.6) is 5.75 Å². The molecule has 0 bridgehead atoms. The number of benzene rings is 1. The number of aromatic amines is 1. The number of hydrogen-bond donors (Lipinski definition) is 2. The molecule has 0 aliphatic heterocycles. The Labute approximate surface area is 112 Å². The minimum absolute atomic E-state index is 0.407. The molecule has 0 aliphatic rings. The highest BCUT2D eigenvalue weighted by Gasteiger charge is 2.17. The Kier molecular flexibility index (Phi) is 3.71. The highest BCUT2D eigenvalue weighted by molar-refractivity contribution is 9.10. The molecule has 2 rings (SSSR count). The number of rotatable bonds is 3. The van der Waals surface area contributed by atoms with Crippen molar-refractivity contribution in [2.24, 2.45) is 5.73 Å². The summed E-state index contributed by atoms with van der Waals surface area (Å²) in [6, 6.07) is 4.92. The summed E-state index contributed by atoms with van der Waals surface area (Å²) in [7, 11) is 1.59. The van der Waals surface area contributed by atoms with Crippen molar-refractivity contribution in [3.63, 3.8) is 0 Å². The van der Waals surface area contributed by atoms with Gasteiger partial charge in [0.1, 0.15) is 16.2 Å². The van der Waals surface area contributed by atoms with E-state index in [-0.39, 0.29) is 0 Å². The van der Waals surface area contributed by atoms with Crippen LogP contribution in [-0.4, -0.2) is 17.1 Å². The topological polar surface area (TPSA) is 63.9 Å². The lowest BCUT2D eigenvalue weighted by atomic mass is 10.1. The van der Waals surface area contributed by atoms with Crippen LogP contribution in [0, 0.1) is 0 Å². The number of ether oxygens (including phenoxy) is 1. The summed E-state index contributed by atoms with van der Waals surface area (Å²) in [5.41, 5.74) is 6.92. The van der Waals surface area contributed by atoms with Crippen molar-refractivity contribution in [1.29, 1.82) is 0 Å². The quantitative estimate of drug-likeness (QED) is 0.915. The summed E-state index contributed by atoms with van der Waals surface area (Å²) < 4.78 is 6.04.